The molecule has 2 saturated heterocycles. The lowest BCUT2D eigenvalue weighted by atomic mass is 10.0. The van der Waals surface area contributed by atoms with E-state index >= 15 is 0 Å². The van der Waals surface area contributed by atoms with Crippen molar-refractivity contribution in [1.29, 1.82) is 0 Å². The molecule has 2 bridgehead atoms. The highest BCUT2D eigenvalue weighted by atomic mass is 16.5. The Labute approximate surface area is 147 Å². The monoisotopic (exact) mass is 344 g/mol. The maximum absolute atomic E-state index is 13.0. The van der Waals surface area contributed by atoms with Gasteiger partial charge >= 0.3 is 0 Å². The summed E-state index contributed by atoms with van der Waals surface area (Å²) in [5.41, 5.74) is 0.546. The molecule has 0 radical (unpaired) electrons. The number of hydrogen-bond donors (Lipinski definition) is 0. The summed E-state index contributed by atoms with van der Waals surface area (Å²) in [6.45, 7) is 2.94. The first-order valence-corrected chi connectivity index (χ1v) is 9.16. The van der Waals surface area contributed by atoms with Gasteiger partial charge in [-0.15, -0.1) is 0 Å². The molecule has 0 N–H and O–H groups in total. The Bertz CT molecular complexity index is 632. The molecule has 3 aliphatic rings. The van der Waals surface area contributed by atoms with E-state index in [-0.39, 0.29) is 29.7 Å². The highest BCUT2D eigenvalue weighted by molar-refractivity contribution is 5.94. The van der Waals surface area contributed by atoms with Gasteiger partial charge < -0.3 is 14.5 Å². The van der Waals surface area contributed by atoms with Crippen LogP contribution in [0.1, 0.15) is 36.0 Å². The summed E-state index contributed by atoms with van der Waals surface area (Å²) in [5, 5.41) is 7.54. The van der Waals surface area contributed by atoms with E-state index in [0.29, 0.717) is 38.4 Å². The van der Waals surface area contributed by atoms with Gasteiger partial charge in [0.2, 0.25) is 5.91 Å². The van der Waals surface area contributed by atoms with Gasteiger partial charge in [-0.05, 0) is 18.9 Å². The van der Waals surface area contributed by atoms with Gasteiger partial charge in [-0.3, -0.25) is 9.59 Å². The van der Waals surface area contributed by atoms with E-state index in [1.54, 1.807) is 6.07 Å². The number of ether oxygens (including phenoxy) is 1. The summed E-state index contributed by atoms with van der Waals surface area (Å²) in [4.78, 5) is 29.7. The first-order chi connectivity index (χ1) is 12.2. The van der Waals surface area contributed by atoms with Crippen LogP contribution in [0.25, 0.3) is 0 Å². The second kappa shape index (κ2) is 7.07. The van der Waals surface area contributed by atoms with Crippen molar-refractivity contribution >= 4 is 11.8 Å². The number of aromatic nitrogens is 2. The Kier molecular flexibility index (Phi) is 4.65. The average molecular weight is 344 g/mol. The van der Waals surface area contributed by atoms with Crippen LogP contribution in [0, 0.1) is 11.8 Å². The summed E-state index contributed by atoms with van der Waals surface area (Å²) in [6, 6.07) is 1.63. The Morgan fingerprint density at radius 1 is 1.08 bits per heavy atom. The molecule has 4 rings (SSSR count). The van der Waals surface area contributed by atoms with Gasteiger partial charge in [0.25, 0.3) is 5.91 Å². The molecule has 0 aromatic carbocycles. The molecule has 25 heavy (non-hydrogen) atoms. The fourth-order valence-corrected chi connectivity index (χ4v) is 4.29. The van der Waals surface area contributed by atoms with Crippen LogP contribution in [0.3, 0.4) is 0 Å². The van der Waals surface area contributed by atoms with Crippen LogP contribution in [-0.2, 0) is 9.53 Å². The second-order valence-corrected chi connectivity index (χ2v) is 7.37. The highest BCUT2D eigenvalue weighted by Gasteiger charge is 2.39. The van der Waals surface area contributed by atoms with Gasteiger partial charge in [0.1, 0.15) is 0 Å². The largest absolute Gasteiger partial charge is 0.379 e. The lowest BCUT2D eigenvalue weighted by Gasteiger charge is -2.32. The Balaban J connectivity index is 1.53. The number of amides is 2. The third-order valence-electron chi connectivity index (χ3n) is 5.58. The van der Waals surface area contributed by atoms with Crippen molar-refractivity contribution in [3.63, 3.8) is 0 Å². The van der Waals surface area contributed by atoms with Crippen LogP contribution in [0.2, 0.25) is 0 Å². The molecular formula is C18H24N4O3. The molecule has 2 atom stereocenters. The Hall–Kier alpha value is -2.02. The van der Waals surface area contributed by atoms with Crippen molar-refractivity contribution in [3.05, 3.63) is 24.0 Å². The van der Waals surface area contributed by atoms with Crippen molar-refractivity contribution in [1.82, 2.24) is 20.0 Å². The molecule has 0 spiro atoms. The van der Waals surface area contributed by atoms with Crippen LogP contribution in [0.15, 0.2) is 18.5 Å². The molecule has 1 saturated carbocycles. The van der Waals surface area contributed by atoms with E-state index in [1.165, 1.54) is 12.4 Å². The van der Waals surface area contributed by atoms with E-state index in [9.17, 15) is 9.59 Å². The second-order valence-electron chi connectivity index (χ2n) is 7.37. The maximum atomic E-state index is 13.0. The minimum absolute atomic E-state index is 0.0398. The number of fused-ring (bicyclic) bond motifs is 3. The molecule has 0 unspecified atom stereocenters. The topological polar surface area (TPSA) is 75.6 Å². The van der Waals surface area contributed by atoms with E-state index in [1.807, 2.05) is 9.80 Å². The Morgan fingerprint density at radius 3 is 2.68 bits per heavy atom. The molecule has 2 aliphatic heterocycles. The van der Waals surface area contributed by atoms with Crippen molar-refractivity contribution in [2.24, 2.45) is 11.8 Å². The minimum atomic E-state index is -0.0562. The van der Waals surface area contributed by atoms with Gasteiger partial charge in [-0.25, -0.2) is 0 Å². The van der Waals surface area contributed by atoms with Gasteiger partial charge in [0.05, 0.1) is 37.2 Å². The molecule has 1 aliphatic carbocycles. The Morgan fingerprint density at radius 2 is 1.92 bits per heavy atom. The SMILES string of the molecule is O=C(c1ccnnc1)N1C[C@@H]2COC[C@H](C1)N(C(=O)C1CCCC1)C2. The van der Waals surface area contributed by atoms with Crippen LogP contribution in [0.4, 0.5) is 0 Å². The van der Waals surface area contributed by atoms with Crippen molar-refractivity contribution in [2.75, 3.05) is 32.8 Å². The van der Waals surface area contributed by atoms with Crippen molar-refractivity contribution in [2.45, 2.75) is 31.7 Å². The van der Waals surface area contributed by atoms with Crippen LogP contribution in [0.5, 0.6) is 0 Å². The standard InChI is InChI=1S/C18H24N4O3/c23-17(15-5-6-19-20-7-15)21-8-13-9-22(16(10-21)12-25-11-13)18(24)14-3-1-2-4-14/h5-7,13-14,16H,1-4,8-12H2/t13-,16-/m0/s1. The molecule has 3 fully saturated rings. The summed E-state index contributed by atoms with van der Waals surface area (Å²) < 4.78 is 5.78. The zero-order valence-corrected chi connectivity index (χ0v) is 14.3. The van der Waals surface area contributed by atoms with Crippen LogP contribution in [-0.4, -0.2) is 70.7 Å². The summed E-state index contributed by atoms with van der Waals surface area (Å²) in [7, 11) is 0. The molecule has 1 aromatic rings. The van der Waals surface area contributed by atoms with Crippen molar-refractivity contribution in [3.8, 4) is 0 Å². The zero-order chi connectivity index (χ0) is 17.2. The number of rotatable bonds is 2. The van der Waals surface area contributed by atoms with Crippen LogP contribution >= 0.6 is 0 Å². The predicted molar refractivity (Wildman–Crippen MR) is 89.7 cm³/mol. The lowest BCUT2D eigenvalue weighted by molar-refractivity contribution is -0.138. The quantitative estimate of drug-likeness (QED) is 0.799. The number of nitrogens with zero attached hydrogens (tertiary/aromatic N) is 4. The first kappa shape index (κ1) is 16.4. The molecule has 3 heterocycles. The molecule has 7 nitrogen and oxygen atoms in total. The average Bonchev–Trinajstić information content (AvgIpc) is 3.01. The van der Waals surface area contributed by atoms with E-state index in [2.05, 4.69) is 10.2 Å². The molecule has 134 valence electrons. The minimum Gasteiger partial charge on any atom is -0.379 e. The third kappa shape index (κ3) is 3.38. The molecule has 2 amide bonds. The fourth-order valence-electron chi connectivity index (χ4n) is 4.29. The first-order valence-electron chi connectivity index (χ1n) is 9.16. The zero-order valence-electron chi connectivity index (χ0n) is 14.3. The summed E-state index contributed by atoms with van der Waals surface area (Å²) in [5.74, 6) is 0.546. The maximum Gasteiger partial charge on any atom is 0.255 e. The smallest absolute Gasteiger partial charge is 0.255 e. The lowest BCUT2D eigenvalue weighted by Crippen LogP contribution is -2.49. The van der Waals surface area contributed by atoms with Gasteiger partial charge in [-0.1, -0.05) is 12.8 Å². The number of hydrogen-bond acceptors (Lipinski definition) is 5. The summed E-state index contributed by atoms with van der Waals surface area (Å²) >= 11 is 0. The predicted octanol–water partition coefficient (Wildman–Crippen LogP) is 0.966. The summed E-state index contributed by atoms with van der Waals surface area (Å²) in [6.07, 6.45) is 7.33. The van der Waals surface area contributed by atoms with Gasteiger partial charge in [0, 0.05) is 31.5 Å². The van der Waals surface area contributed by atoms with Gasteiger partial charge in [-0.2, -0.15) is 10.2 Å². The van der Waals surface area contributed by atoms with Crippen LogP contribution < -0.4 is 0 Å². The highest BCUT2D eigenvalue weighted by Crippen LogP contribution is 2.30. The third-order valence-corrected chi connectivity index (χ3v) is 5.58. The van der Waals surface area contributed by atoms with E-state index in [4.69, 9.17) is 4.74 Å². The molecule has 7 heteroatoms. The van der Waals surface area contributed by atoms with E-state index < -0.39 is 0 Å². The normalized spacial score (nSPS) is 27.2. The fraction of sp³-hybridized carbons (Fsp3) is 0.667. The molecule has 1 aromatic heterocycles. The number of carbonyl (C=O) groups excluding carboxylic acids is 2. The van der Waals surface area contributed by atoms with Gasteiger partial charge in [0.15, 0.2) is 0 Å². The van der Waals surface area contributed by atoms with Crippen molar-refractivity contribution < 1.29 is 14.3 Å². The number of carbonyl (C=O) groups is 2. The molecular weight excluding hydrogens is 320 g/mol. The van der Waals surface area contributed by atoms with E-state index in [0.717, 1.165) is 25.7 Å².